The number of hydrogen-bond donors (Lipinski definition) is 22. The van der Waals surface area contributed by atoms with Gasteiger partial charge in [0.15, 0.2) is 50.3 Å². The maximum absolute atomic E-state index is 14.1. The summed E-state index contributed by atoms with van der Waals surface area (Å²) in [5.74, 6) is 0. The molecule has 0 spiro atoms. The minimum absolute atomic E-state index is 0.242. The Morgan fingerprint density at radius 3 is 0.594 bits per heavy atom. The van der Waals surface area contributed by atoms with Crippen LogP contribution in [0.1, 0.15) is 0 Å². The Bertz CT molecular complexity index is 3390. The Balaban J connectivity index is 0.923. The predicted octanol–water partition coefficient (Wildman–Crippen LogP) is -14.6. The average molecular weight is 1580 g/mol. The largest absolute Gasteiger partial charge is 0.394 e. The van der Waals surface area contributed by atoms with Crippen LogP contribution in [0.4, 0.5) is 0 Å². The normalized spacial score (nSPS) is 49.8. The highest BCUT2D eigenvalue weighted by Crippen LogP contribution is 2.41. The summed E-state index contributed by atoms with van der Waals surface area (Å²) in [6.45, 7) is -9.51. The van der Waals surface area contributed by atoms with Crippen LogP contribution < -0.4 is 0 Å². The van der Waals surface area contributed by atoms with E-state index in [-0.39, 0.29) is 11.1 Å². The Morgan fingerprint density at radius 2 is 0.406 bits per heavy atom. The molecule has 0 aliphatic carbocycles. The molecule has 602 valence electrons. The highest BCUT2D eigenvalue weighted by molar-refractivity contribution is 7.87. The molecule has 44 nitrogen and oxygen atoms in total. The van der Waals surface area contributed by atoms with Crippen LogP contribution in [0.3, 0.4) is 0 Å². The molecule has 0 saturated carbocycles. The van der Waals surface area contributed by atoms with E-state index in [1.165, 1.54) is 24.3 Å². The average Bonchev–Trinajstić information content (AvgIpc) is 0.773. The van der Waals surface area contributed by atoms with Gasteiger partial charge in [-0.25, -0.2) is 0 Å². The van der Waals surface area contributed by atoms with Gasteiger partial charge in [0.25, 0.3) is 20.2 Å². The van der Waals surface area contributed by atoms with Gasteiger partial charge in [0.2, 0.25) is 0 Å². The number of hydrogen-bond acceptors (Lipinski definition) is 44. The number of ether oxygens (including phenoxy) is 16. The van der Waals surface area contributed by atoms with E-state index in [4.69, 9.17) is 84.2 Å². The lowest BCUT2D eigenvalue weighted by molar-refractivity contribution is -0.403. The third kappa shape index (κ3) is 16.2. The second-order valence-electron chi connectivity index (χ2n) is 26.6. The fourth-order valence-corrected chi connectivity index (χ4v) is 15.8. The minimum atomic E-state index is -5.00. The number of rotatable bonds is 6. The number of aliphatic hydroxyl groups is 22. The second-order valence-corrected chi connectivity index (χ2v) is 29.9. The summed E-state index contributed by atoms with van der Waals surface area (Å²) in [7, 11) is -10.0. The Morgan fingerprint density at radius 1 is 0.236 bits per heavy atom. The maximum atomic E-state index is 14.1. The van der Waals surface area contributed by atoms with Crippen molar-refractivity contribution >= 4 is 20.2 Å². The standard InChI is InChI=1S/C60H86O44S2/c61-9-21-45-30(68)38(76)54(90-21)99-47-23(11-63)93-57(41(79)33(47)71)103-51-27-15-87-105(83,84)19-5-1-17(2-6-19)18-3-7-20(8-4-18)106(85,86)88-16-28-52(35(73)43(81)59(95-28)101-49-25(13-65)91-55(39(77)31(49)69)98-46-22(10-62)89-53(97-45)37(75)29(46)67)104-58-42(80)34(72)48(24(12-64)94-58)100-56-40(78)32(70)50(26(14-66)92-56)102-60(96-27)44(82)36(51)74/h1-8,21-82H,9-16H2/t21-,22-,23-,24-,25-,26-,27-,28-,29-,30-,31-,32-,33-,34-,35-,36-,37-,38-,39-,40-,41-,42-,43-,44-,45-,46-,47-,48-,49-,50-,51-,52-,53-,54-,55-,56-,57-,58-,59-,60-/m1/s1. The maximum Gasteiger partial charge on any atom is 0.297 e. The van der Waals surface area contributed by atoms with E-state index in [9.17, 15) is 129 Å². The lowest BCUT2D eigenvalue weighted by Crippen LogP contribution is -2.69. The van der Waals surface area contributed by atoms with E-state index in [1.54, 1.807) is 0 Å². The van der Waals surface area contributed by atoms with Crippen molar-refractivity contribution in [3.8, 4) is 11.1 Å². The molecule has 22 fully saturated rings. The summed E-state index contributed by atoms with van der Waals surface area (Å²) in [5, 5.41) is 251. The first-order chi connectivity index (χ1) is 50.4. The van der Waals surface area contributed by atoms with E-state index in [2.05, 4.69) is 0 Å². The molecular formula is C60H86O44S2. The zero-order valence-electron chi connectivity index (χ0n) is 55.0. The van der Waals surface area contributed by atoms with Crippen molar-refractivity contribution in [3.05, 3.63) is 48.5 Å². The van der Waals surface area contributed by atoms with Crippen LogP contribution in [0.15, 0.2) is 58.3 Å². The smallest absolute Gasteiger partial charge is 0.297 e. The highest BCUT2D eigenvalue weighted by Gasteiger charge is 2.61. The molecule has 39 rings (SSSR count). The molecule has 46 heteroatoms. The van der Waals surface area contributed by atoms with Gasteiger partial charge in [-0.3, -0.25) is 8.37 Å². The van der Waals surface area contributed by atoms with E-state index in [0.717, 1.165) is 24.3 Å². The molecule has 2 aromatic rings. The third-order valence-corrected chi connectivity index (χ3v) is 22.5. The lowest BCUT2D eigenvalue weighted by Gasteiger charge is -2.50. The van der Waals surface area contributed by atoms with Crippen molar-refractivity contribution in [1.29, 1.82) is 0 Å². The van der Waals surface area contributed by atoms with E-state index < -0.39 is 329 Å². The molecule has 2 aromatic carbocycles. The van der Waals surface area contributed by atoms with Crippen LogP contribution >= 0.6 is 0 Å². The molecule has 0 amide bonds. The van der Waals surface area contributed by atoms with Crippen molar-refractivity contribution in [2.45, 2.75) is 255 Å². The minimum Gasteiger partial charge on any atom is -0.394 e. The highest BCUT2D eigenvalue weighted by atomic mass is 32.2. The molecule has 22 N–H and O–H groups in total. The number of benzene rings is 2. The SMILES string of the molecule is O=S1(=O)OC[C@H]2O[C@@H]3O[C@H]4[C@H](O)[C@@H](O)[C@@H](O[C@H]5[C@H](O)[C@@H](O)[C@@H](O[C@H]6[C@H](O)[C@@H](O)[C@@H](O[C@H]7[C@H](O)[C@@H](O)[C@@H](O[C@H]8[C@H](O)[C@@H](O)[C@@H](O[C@H]9[C@H](O)[C@@H](O)[C@@H](O[C@H]%10[C@H](O)[C@@H](O)[C@@H](O[C@H]2[C@H](O)[C@H]3O)O[C@@H]%10CO)O[C@@H]9CO)O[C@@H]8CO)O[C@@H]7CO)O[C@@H]6COS(=O)(=O)c2ccc(cc2)-c2ccc1cc2)O[C@@H]5CO)O[C@@H]4CO. The van der Waals surface area contributed by atoms with Gasteiger partial charge in [-0.2, -0.15) is 16.8 Å². The van der Waals surface area contributed by atoms with E-state index in [1.807, 2.05) is 0 Å². The van der Waals surface area contributed by atoms with Crippen LogP contribution in [-0.4, -0.2) is 428 Å². The third-order valence-electron chi connectivity index (χ3n) is 19.9. The molecule has 0 aromatic heterocycles. The zero-order valence-corrected chi connectivity index (χ0v) is 56.6. The summed E-state index contributed by atoms with van der Waals surface area (Å²) < 4.78 is 161. The molecule has 0 unspecified atom stereocenters. The summed E-state index contributed by atoms with van der Waals surface area (Å²) >= 11 is 0. The fraction of sp³-hybridized carbons (Fsp3) is 0.800. The van der Waals surface area contributed by atoms with E-state index >= 15 is 0 Å². The summed E-state index contributed by atoms with van der Waals surface area (Å²) in [4.78, 5) is -1.14. The summed E-state index contributed by atoms with van der Waals surface area (Å²) in [6, 6.07) is 9.21. The molecule has 40 atom stereocenters. The van der Waals surface area contributed by atoms with Gasteiger partial charge in [0.1, 0.15) is 195 Å². The van der Waals surface area contributed by atoms with Gasteiger partial charge in [0.05, 0.1) is 62.6 Å². The Hall–Kier alpha value is -3.26. The van der Waals surface area contributed by atoms with Crippen LogP contribution in [0.25, 0.3) is 11.1 Å². The number of aliphatic hydroxyl groups excluding tert-OH is 22. The van der Waals surface area contributed by atoms with Gasteiger partial charge in [0, 0.05) is 0 Å². The molecule has 37 aliphatic heterocycles. The van der Waals surface area contributed by atoms with Crippen molar-refractivity contribution in [2.75, 3.05) is 52.9 Å². The Kier molecular flexibility index (Phi) is 26.2. The molecule has 106 heavy (non-hydrogen) atoms. The van der Waals surface area contributed by atoms with Crippen molar-refractivity contribution in [1.82, 2.24) is 0 Å². The van der Waals surface area contributed by atoms with Gasteiger partial charge in [-0.05, 0) is 35.4 Å². The van der Waals surface area contributed by atoms with Crippen LogP contribution in [0.2, 0.25) is 0 Å². The monoisotopic (exact) mass is 1570 g/mol. The molecule has 0 radical (unpaired) electrons. The van der Waals surface area contributed by atoms with Crippen LogP contribution in [0, 0.1) is 0 Å². The lowest BCUT2D eigenvalue weighted by atomic mass is 9.94. The van der Waals surface area contributed by atoms with Crippen molar-refractivity contribution in [2.24, 2.45) is 0 Å². The van der Waals surface area contributed by atoms with Gasteiger partial charge >= 0.3 is 0 Å². The Labute approximate surface area is 599 Å². The molecule has 37 aliphatic rings. The zero-order chi connectivity index (χ0) is 76.4. The van der Waals surface area contributed by atoms with Crippen LogP contribution in [-0.2, 0) is 104 Å². The quantitative estimate of drug-likeness (QED) is 0.119. The van der Waals surface area contributed by atoms with E-state index in [0.29, 0.717) is 0 Å². The van der Waals surface area contributed by atoms with Crippen molar-refractivity contribution in [3.63, 3.8) is 0 Å². The fourth-order valence-electron chi connectivity index (χ4n) is 14.0. The van der Waals surface area contributed by atoms with Crippen molar-refractivity contribution < 1.29 is 213 Å². The first-order valence-corrected chi connectivity index (χ1v) is 36.2. The molecule has 22 bridgehead atoms. The molecular weight excluding hydrogens is 1490 g/mol. The summed E-state index contributed by atoms with van der Waals surface area (Å²) in [6.07, 6.45) is -88.0. The van der Waals surface area contributed by atoms with Crippen LogP contribution in [0.5, 0.6) is 0 Å². The predicted molar refractivity (Wildman–Crippen MR) is 325 cm³/mol. The first kappa shape index (κ1) is 82.2. The van der Waals surface area contributed by atoms with Gasteiger partial charge in [-0.1, -0.05) is 24.3 Å². The topological polar surface area (TPSA) is 679 Å². The molecule has 22 saturated heterocycles. The summed E-state index contributed by atoms with van der Waals surface area (Å²) in [5.41, 5.74) is 0.484. The van der Waals surface area contributed by atoms with Gasteiger partial charge in [-0.15, -0.1) is 0 Å². The van der Waals surface area contributed by atoms with Gasteiger partial charge < -0.3 is 188 Å². The first-order valence-electron chi connectivity index (χ1n) is 33.4. The second kappa shape index (κ2) is 33.8. The molecule has 37 heterocycles.